The van der Waals surface area contributed by atoms with Crippen LogP contribution in [0.4, 0.5) is 0 Å². The highest BCUT2D eigenvalue weighted by Gasteiger charge is 2.14. The number of ether oxygens (including phenoxy) is 2. The summed E-state index contributed by atoms with van der Waals surface area (Å²) in [5.41, 5.74) is 1.39. The van der Waals surface area contributed by atoms with Crippen LogP contribution < -0.4 is 14.8 Å². The molecule has 0 atom stereocenters. The first kappa shape index (κ1) is 16.1. The van der Waals surface area contributed by atoms with Gasteiger partial charge in [-0.2, -0.15) is 0 Å². The zero-order chi connectivity index (χ0) is 16.2. The summed E-state index contributed by atoms with van der Waals surface area (Å²) in [6.07, 6.45) is 0.832. The van der Waals surface area contributed by atoms with Gasteiger partial charge in [0.25, 0.3) is 5.91 Å². The molecule has 1 amide bonds. The van der Waals surface area contributed by atoms with Gasteiger partial charge in [0.2, 0.25) is 0 Å². The Labute approximate surface area is 147 Å². The third-order valence-corrected chi connectivity index (χ3v) is 4.31. The quantitative estimate of drug-likeness (QED) is 0.846. The van der Waals surface area contributed by atoms with Crippen molar-refractivity contribution in [3.8, 4) is 11.5 Å². The van der Waals surface area contributed by atoms with Crippen LogP contribution in [-0.4, -0.2) is 19.1 Å². The molecule has 0 spiro atoms. The highest BCUT2D eigenvalue weighted by molar-refractivity contribution is 9.10. The minimum Gasteiger partial charge on any atom is -0.490 e. The molecule has 6 heteroatoms. The Morgan fingerprint density at radius 3 is 2.70 bits per heavy atom. The van der Waals surface area contributed by atoms with E-state index < -0.39 is 0 Å². The van der Waals surface area contributed by atoms with Gasteiger partial charge >= 0.3 is 0 Å². The molecular formula is C17H15BrClNO3. The lowest BCUT2D eigenvalue weighted by molar-refractivity contribution is 0.0950. The number of amides is 1. The molecule has 23 heavy (non-hydrogen) atoms. The third kappa shape index (κ3) is 3.98. The van der Waals surface area contributed by atoms with E-state index in [2.05, 4.69) is 21.2 Å². The average molecular weight is 397 g/mol. The molecule has 0 saturated heterocycles. The number of hydrogen-bond donors (Lipinski definition) is 1. The maximum Gasteiger partial charge on any atom is 0.251 e. The highest BCUT2D eigenvalue weighted by atomic mass is 79.9. The lowest BCUT2D eigenvalue weighted by Gasteiger charge is -2.10. The fourth-order valence-corrected chi connectivity index (χ4v) is 2.99. The molecule has 1 heterocycles. The van der Waals surface area contributed by atoms with Crippen molar-refractivity contribution in [3.63, 3.8) is 0 Å². The molecule has 0 saturated carbocycles. The minimum absolute atomic E-state index is 0.181. The van der Waals surface area contributed by atoms with E-state index in [-0.39, 0.29) is 5.91 Å². The Bertz CT molecular complexity index is 736. The molecular weight excluding hydrogens is 382 g/mol. The van der Waals surface area contributed by atoms with Crippen LogP contribution in [-0.2, 0) is 6.54 Å². The summed E-state index contributed by atoms with van der Waals surface area (Å²) in [6.45, 7) is 1.58. The first-order valence-electron chi connectivity index (χ1n) is 7.25. The summed E-state index contributed by atoms with van der Waals surface area (Å²) in [7, 11) is 0. The van der Waals surface area contributed by atoms with Gasteiger partial charge in [-0.15, -0.1) is 0 Å². The second-order valence-electron chi connectivity index (χ2n) is 5.13. The average Bonchev–Trinajstić information content (AvgIpc) is 2.78. The lowest BCUT2D eigenvalue weighted by Crippen LogP contribution is -2.23. The molecule has 1 aliphatic rings. The normalized spacial score (nSPS) is 13.3. The SMILES string of the molecule is O=C(NCc1ccc(Br)cc1Cl)c1ccc2c(c1)OCCCO2. The molecule has 0 aromatic heterocycles. The van der Waals surface area contributed by atoms with E-state index in [4.69, 9.17) is 21.1 Å². The minimum atomic E-state index is -0.181. The molecule has 0 aliphatic carbocycles. The van der Waals surface area contributed by atoms with Gasteiger partial charge in [-0.05, 0) is 35.9 Å². The molecule has 120 valence electrons. The van der Waals surface area contributed by atoms with Crippen LogP contribution in [0.5, 0.6) is 11.5 Å². The van der Waals surface area contributed by atoms with Crippen molar-refractivity contribution in [1.82, 2.24) is 5.32 Å². The van der Waals surface area contributed by atoms with Gasteiger partial charge in [-0.25, -0.2) is 0 Å². The van der Waals surface area contributed by atoms with E-state index >= 15 is 0 Å². The van der Waals surface area contributed by atoms with E-state index in [1.807, 2.05) is 12.1 Å². The molecule has 0 fully saturated rings. The maximum atomic E-state index is 12.3. The van der Waals surface area contributed by atoms with Crippen LogP contribution in [0.15, 0.2) is 40.9 Å². The summed E-state index contributed by atoms with van der Waals surface area (Å²) < 4.78 is 12.1. The molecule has 2 aromatic carbocycles. The van der Waals surface area contributed by atoms with Crippen LogP contribution in [0.25, 0.3) is 0 Å². The van der Waals surface area contributed by atoms with E-state index in [9.17, 15) is 4.79 Å². The van der Waals surface area contributed by atoms with Crippen molar-refractivity contribution < 1.29 is 14.3 Å². The predicted octanol–water partition coefficient (Wildman–Crippen LogP) is 4.19. The number of nitrogens with one attached hydrogen (secondary N) is 1. The van der Waals surface area contributed by atoms with Gasteiger partial charge in [0.05, 0.1) is 13.2 Å². The van der Waals surface area contributed by atoms with Crippen molar-refractivity contribution in [1.29, 1.82) is 0 Å². The first-order valence-corrected chi connectivity index (χ1v) is 8.42. The zero-order valence-corrected chi connectivity index (χ0v) is 14.6. The van der Waals surface area contributed by atoms with Crippen LogP contribution in [0.1, 0.15) is 22.3 Å². The van der Waals surface area contributed by atoms with Crippen molar-refractivity contribution in [2.24, 2.45) is 0 Å². The lowest BCUT2D eigenvalue weighted by atomic mass is 10.1. The smallest absolute Gasteiger partial charge is 0.251 e. The van der Waals surface area contributed by atoms with Gasteiger partial charge in [0.1, 0.15) is 0 Å². The largest absolute Gasteiger partial charge is 0.490 e. The third-order valence-electron chi connectivity index (χ3n) is 3.46. The molecule has 0 unspecified atom stereocenters. The summed E-state index contributed by atoms with van der Waals surface area (Å²) in [6, 6.07) is 10.8. The monoisotopic (exact) mass is 395 g/mol. The number of halogens is 2. The van der Waals surface area contributed by atoms with Gasteiger partial charge in [0.15, 0.2) is 11.5 Å². The van der Waals surface area contributed by atoms with Crippen LogP contribution in [0, 0.1) is 0 Å². The number of carbonyl (C=O) groups excluding carboxylic acids is 1. The van der Waals surface area contributed by atoms with Crippen LogP contribution in [0.3, 0.4) is 0 Å². The number of benzene rings is 2. The van der Waals surface area contributed by atoms with Crippen LogP contribution in [0.2, 0.25) is 5.02 Å². The zero-order valence-electron chi connectivity index (χ0n) is 12.3. The van der Waals surface area contributed by atoms with E-state index in [1.165, 1.54) is 0 Å². The number of fused-ring (bicyclic) bond motifs is 1. The summed E-state index contributed by atoms with van der Waals surface area (Å²) in [4.78, 5) is 12.3. The van der Waals surface area contributed by atoms with E-state index in [0.717, 1.165) is 16.5 Å². The maximum absolute atomic E-state index is 12.3. The Kier molecular flexibility index (Phi) is 5.08. The topological polar surface area (TPSA) is 47.6 Å². The second-order valence-corrected chi connectivity index (χ2v) is 6.45. The van der Waals surface area contributed by atoms with E-state index in [0.29, 0.717) is 41.8 Å². The van der Waals surface area contributed by atoms with Gasteiger partial charge < -0.3 is 14.8 Å². The Balaban J connectivity index is 1.69. The summed E-state index contributed by atoms with van der Waals surface area (Å²) in [5.74, 6) is 1.10. The second kappa shape index (κ2) is 7.23. The molecule has 3 rings (SSSR count). The van der Waals surface area contributed by atoms with Gasteiger partial charge in [0, 0.05) is 28.0 Å². The van der Waals surface area contributed by atoms with Crippen molar-refractivity contribution in [3.05, 3.63) is 57.0 Å². The van der Waals surface area contributed by atoms with Gasteiger partial charge in [-0.1, -0.05) is 33.6 Å². The van der Waals surface area contributed by atoms with Gasteiger partial charge in [-0.3, -0.25) is 4.79 Å². The molecule has 2 aromatic rings. The molecule has 1 N–H and O–H groups in total. The first-order chi connectivity index (χ1) is 11.1. The molecule has 0 bridgehead atoms. The highest BCUT2D eigenvalue weighted by Crippen LogP contribution is 2.30. The van der Waals surface area contributed by atoms with E-state index in [1.54, 1.807) is 24.3 Å². The summed E-state index contributed by atoms with van der Waals surface area (Å²) in [5, 5.41) is 3.47. The number of rotatable bonds is 3. The standard InChI is InChI=1S/C17H15BrClNO3/c18-13-4-2-12(14(19)9-13)10-20-17(21)11-3-5-15-16(8-11)23-7-1-6-22-15/h2-5,8-9H,1,6-7,10H2,(H,20,21). The van der Waals surface area contributed by atoms with Crippen molar-refractivity contribution >= 4 is 33.4 Å². The Morgan fingerprint density at radius 2 is 1.91 bits per heavy atom. The molecule has 4 nitrogen and oxygen atoms in total. The Morgan fingerprint density at radius 1 is 1.13 bits per heavy atom. The molecule has 1 aliphatic heterocycles. The van der Waals surface area contributed by atoms with Crippen molar-refractivity contribution in [2.75, 3.05) is 13.2 Å². The molecule has 0 radical (unpaired) electrons. The predicted molar refractivity (Wildman–Crippen MR) is 92.4 cm³/mol. The fraction of sp³-hybridized carbons (Fsp3) is 0.235. The van der Waals surface area contributed by atoms with Crippen LogP contribution >= 0.6 is 27.5 Å². The summed E-state index contributed by atoms with van der Waals surface area (Å²) >= 11 is 9.51. The number of hydrogen-bond acceptors (Lipinski definition) is 3. The number of carbonyl (C=O) groups is 1. The Hall–Kier alpha value is -1.72. The van der Waals surface area contributed by atoms with Crippen molar-refractivity contribution in [2.45, 2.75) is 13.0 Å². The fourth-order valence-electron chi connectivity index (χ4n) is 2.25.